The van der Waals surface area contributed by atoms with Crippen LogP contribution in [0.5, 0.6) is 5.75 Å². The molecule has 0 fully saturated rings. The van der Waals surface area contributed by atoms with Crippen molar-refractivity contribution in [3.8, 4) is 5.75 Å². The molecule has 0 radical (unpaired) electrons. The van der Waals surface area contributed by atoms with E-state index >= 15 is 0 Å². The fourth-order valence-electron chi connectivity index (χ4n) is 2.45. The maximum atomic E-state index is 5.46. The van der Waals surface area contributed by atoms with Gasteiger partial charge in [0.1, 0.15) is 5.75 Å². The summed E-state index contributed by atoms with van der Waals surface area (Å²) in [5, 5.41) is 8.90. The fraction of sp³-hybridized carbons (Fsp3) is 0.421. The van der Waals surface area contributed by atoms with E-state index in [1.165, 1.54) is 10.4 Å². The van der Waals surface area contributed by atoms with Gasteiger partial charge in [0, 0.05) is 36.0 Å². The summed E-state index contributed by atoms with van der Waals surface area (Å²) < 4.78 is 5.46. The van der Waals surface area contributed by atoms with E-state index in [9.17, 15) is 0 Å². The maximum Gasteiger partial charge on any atom is 0.191 e. The number of nitrogens with zero attached hydrogens (tertiary/aromatic N) is 1. The van der Waals surface area contributed by atoms with Gasteiger partial charge in [-0.25, -0.2) is 0 Å². The number of hydrogen-bond acceptors (Lipinski definition) is 3. The Morgan fingerprint density at radius 1 is 1.25 bits per heavy atom. The van der Waals surface area contributed by atoms with Gasteiger partial charge in [-0.05, 0) is 30.0 Å². The Balaban J connectivity index is 1.94. The van der Waals surface area contributed by atoms with Gasteiger partial charge in [0.15, 0.2) is 5.96 Å². The molecule has 2 rings (SSSR count). The van der Waals surface area contributed by atoms with Crippen molar-refractivity contribution in [1.29, 1.82) is 0 Å². The average molecular weight is 346 g/mol. The summed E-state index contributed by atoms with van der Waals surface area (Å²) in [6.45, 7) is 8.03. The monoisotopic (exact) mass is 345 g/mol. The highest BCUT2D eigenvalue weighted by Crippen LogP contribution is 2.26. The van der Waals surface area contributed by atoms with Crippen LogP contribution in [0.2, 0.25) is 0 Å². The van der Waals surface area contributed by atoms with Crippen molar-refractivity contribution in [3.05, 3.63) is 51.7 Å². The van der Waals surface area contributed by atoms with E-state index in [0.717, 1.165) is 23.8 Å². The molecule has 1 aromatic heterocycles. The molecule has 0 saturated carbocycles. The zero-order valence-electron chi connectivity index (χ0n) is 15.1. The van der Waals surface area contributed by atoms with E-state index in [1.807, 2.05) is 6.07 Å². The van der Waals surface area contributed by atoms with Gasteiger partial charge in [-0.3, -0.25) is 4.99 Å². The van der Waals surface area contributed by atoms with Gasteiger partial charge in [-0.2, -0.15) is 0 Å². The van der Waals surface area contributed by atoms with Gasteiger partial charge in [0.05, 0.1) is 7.11 Å². The predicted octanol–water partition coefficient (Wildman–Crippen LogP) is 3.71. The number of methoxy groups -OCH3 is 1. The van der Waals surface area contributed by atoms with Crippen molar-refractivity contribution in [2.45, 2.75) is 32.7 Å². The molecule has 2 aromatic rings. The normalized spacial score (nSPS) is 12.1. The van der Waals surface area contributed by atoms with E-state index in [4.69, 9.17) is 4.74 Å². The van der Waals surface area contributed by atoms with Crippen molar-refractivity contribution in [2.24, 2.45) is 4.99 Å². The zero-order chi connectivity index (χ0) is 17.6. The second kappa shape index (κ2) is 8.20. The lowest BCUT2D eigenvalue weighted by Crippen LogP contribution is -2.43. The van der Waals surface area contributed by atoms with E-state index in [2.05, 4.69) is 66.0 Å². The molecule has 1 aromatic carbocycles. The third kappa shape index (κ3) is 4.74. The summed E-state index contributed by atoms with van der Waals surface area (Å²) in [4.78, 5) is 5.68. The van der Waals surface area contributed by atoms with Gasteiger partial charge in [0.2, 0.25) is 0 Å². The SMILES string of the molecule is CN=C(NCc1ccc(C)cc1OC)NCC(C)(C)c1cccs1. The van der Waals surface area contributed by atoms with Crippen molar-refractivity contribution in [1.82, 2.24) is 10.6 Å². The number of nitrogens with one attached hydrogen (secondary N) is 2. The summed E-state index contributed by atoms with van der Waals surface area (Å²) in [6, 6.07) is 10.5. The Hall–Kier alpha value is -2.01. The number of thiophene rings is 1. The first-order valence-corrected chi connectivity index (χ1v) is 8.96. The average Bonchev–Trinajstić information content (AvgIpc) is 3.11. The van der Waals surface area contributed by atoms with Crippen LogP contribution in [0.3, 0.4) is 0 Å². The van der Waals surface area contributed by atoms with E-state index < -0.39 is 0 Å². The van der Waals surface area contributed by atoms with Gasteiger partial charge >= 0.3 is 0 Å². The number of aryl methyl sites for hydroxylation is 1. The van der Waals surface area contributed by atoms with Gasteiger partial charge in [-0.15, -0.1) is 11.3 Å². The number of aliphatic imine (C=N–C) groups is 1. The second-order valence-corrected chi connectivity index (χ2v) is 7.40. The minimum absolute atomic E-state index is 0.0628. The summed E-state index contributed by atoms with van der Waals surface area (Å²) in [6.07, 6.45) is 0. The third-order valence-corrected chi connectivity index (χ3v) is 5.23. The Morgan fingerprint density at radius 2 is 2.04 bits per heavy atom. The smallest absolute Gasteiger partial charge is 0.191 e. The predicted molar refractivity (Wildman–Crippen MR) is 103 cm³/mol. The zero-order valence-corrected chi connectivity index (χ0v) is 16.0. The highest BCUT2D eigenvalue weighted by atomic mass is 32.1. The van der Waals surface area contributed by atoms with Crippen LogP contribution in [0, 0.1) is 6.92 Å². The Labute approximate surface area is 149 Å². The molecule has 1 heterocycles. The van der Waals surface area contributed by atoms with Crippen molar-refractivity contribution < 1.29 is 4.74 Å². The first kappa shape index (κ1) is 18.3. The van der Waals surface area contributed by atoms with E-state index in [0.29, 0.717) is 6.54 Å². The number of guanidine groups is 1. The third-order valence-electron chi connectivity index (χ3n) is 4.00. The standard InChI is InChI=1S/C19H27N3OS/c1-14-8-9-15(16(11-14)23-5)12-21-18(20-4)22-13-19(2,3)17-7-6-10-24-17/h6-11H,12-13H2,1-5H3,(H2,20,21,22). The van der Waals surface area contributed by atoms with Crippen LogP contribution in [0.4, 0.5) is 0 Å². The highest BCUT2D eigenvalue weighted by molar-refractivity contribution is 7.10. The Kier molecular flexibility index (Phi) is 6.26. The number of ether oxygens (including phenoxy) is 1. The molecule has 0 spiro atoms. The second-order valence-electron chi connectivity index (χ2n) is 6.46. The summed E-state index contributed by atoms with van der Waals surface area (Å²) in [5.74, 6) is 1.69. The van der Waals surface area contributed by atoms with Crippen LogP contribution in [0.25, 0.3) is 0 Å². The molecule has 0 aliphatic rings. The van der Waals surface area contributed by atoms with E-state index in [1.54, 1.807) is 25.5 Å². The molecule has 0 amide bonds. The first-order chi connectivity index (χ1) is 11.5. The van der Waals surface area contributed by atoms with Crippen LogP contribution < -0.4 is 15.4 Å². The molecular weight excluding hydrogens is 318 g/mol. The molecule has 5 heteroatoms. The maximum absolute atomic E-state index is 5.46. The largest absolute Gasteiger partial charge is 0.496 e. The summed E-state index contributed by atoms with van der Waals surface area (Å²) in [7, 11) is 3.49. The van der Waals surface area contributed by atoms with Crippen LogP contribution in [-0.4, -0.2) is 26.7 Å². The lowest BCUT2D eigenvalue weighted by molar-refractivity contribution is 0.408. The topological polar surface area (TPSA) is 45.7 Å². The minimum Gasteiger partial charge on any atom is -0.496 e. The first-order valence-electron chi connectivity index (χ1n) is 8.08. The van der Waals surface area contributed by atoms with Gasteiger partial charge in [0.25, 0.3) is 0 Å². The molecule has 0 aliphatic heterocycles. The fourth-order valence-corrected chi connectivity index (χ4v) is 3.30. The molecule has 0 saturated heterocycles. The summed E-state index contributed by atoms with van der Waals surface area (Å²) in [5.41, 5.74) is 2.37. The molecule has 24 heavy (non-hydrogen) atoms. The van der Waals surface area contributed by atoms with Gasteiger partial charge in [-0.1, -0.05) is 32.0 Å². The highest BCUT2D eigenvalue weighted by Gasteiger charge is 2.21. The lowest BCUT2D eigenvalue weighted by Gasteiger charge is -2.25. The lowest BCUT2D eigenvalue weighted by atomic mass is 9.91. The van der Waals surface area contributed by atoms with Crippen molar-refractivity contribution in [3.63, 3.8) is 0 Å². The molecular formula is C19H27N3OS. The molecule has 0 bridgehead atoms. The van der Waals surface area contributed by atoms with Crippen LogP contribution >= 0.6 is 11.3 Å². The number of hydrogen-bond donors (Lipinski definition) is 2. The Bertz CT molecular complexity index is 678. The van der Waals surface area contributed by atoms with Crippen LogP contribution in [0.1, 0.15) is 29.9 Å². The van der Waals surface area contributed by atoms with E-state index in [-0.39, 0.29) is 5.41 Å². The van der Waals surface area contributed by atoms with Crippen molar-refractivity contribution in [2.75, 3.05) is 20.7 Å². The van der Waals surface area contributed by atoms with Crippen molar-refractivity contribution >= 4 is 17.3 Å². The van der Waals surface area contributed by atoms with Crippen LogP contribution in [-0.2, 0) is 12.0 Å². The molecule has 0 unspecified atom stereocenters. The molecule has 0 atom stereocenters. The van der Waals surface area contributed by atoms with Gasteiger partial charge < -0.3 is 15.4 Å². The molecule has 2 N–H and O–H groups in total. The number of benzene rings is 1. The van der Waals surface area contributed by atoms with Crippen LogP contribution in [0.15, 0.2) is 40.7 Å². The minimum atomic E-state index is 0.0628. The number of rotatable bonds is 6. The molecule has 0 aliphatic carbocycles. The quantitative estimate of drug-likeness (QED) is 0.620. The molecule has 4 nitrogen and oxygen atoms in total. The molecule has 130 valence electrons. The Morgan fingerprint density at radius 3 is 2.67 bits per heavy atom. The summed E-state index contributed by atoms with van der Waals surface area (Å²) >= 11 is 1.79.